The van der Waals surface area contributed by atoms with Crippen LogP contribution in [0.5, 0.6) is 11.5 Å². The number of aryl methyl sites for hydroxylation is 2. The normalized spacial score (nSPS) is 11.0. The number of aliphatic hydroxyl groups is 1. The monoisotopic (exact) mass is 286 g/mol. The van der Waals surface area contributed by atoms with Gasteiger partial charge in [0.25, 0.3) is 0 Å². The van der Waals surface area contributed by atoms with E-state index in [2.05, 4.69) is 23.0 Å². The minimum atomic E-state index is -0.165. The lowest BCUT2D eigenvalue weighted by Gasteiger charge is -2.14. The van der Waals surface area contributed by atoms with E-state index in [0.29, 0.717) is 17.3 Å². The van der Waals surface area contributed by atoms with Crippen molar-refractivity contribution in [2.75, 3.05) is 0 Å². The second kappa shape index (κ2) is 6.22. The van der Waals surface area contributed by atoms with Crippen LogP contribution in [0.15, 0.2) is 18.3 Å². The summed E-state index contributed by atoms with van der Waals surface area (Å²) >= 11 is 0. The number of aliphatic hydroxyl groups excluding tert-OH is 1. The first-order valence-corrected chi connectivity index (χ1v) is 7.14. The van der Waals surface area contributed by atoms with Crippen molar-refractivity contribution < 1.29 is 9.84 Å². The topological polar surface area (TPSA) is 55.2 Å². The first kappa shape index (κ1) is 15.4. The smallest absolute Gasteiger partial charge is 0.169 e. The molecule has 0 radical (unpaired) electrons. The predicted molar refractivity (Wildman–Crippen MR) is 82.8 cm³/mol. The van der Waals surface area contributed by atoms with Crippen molar-refractivity contribution in [3.63, 3.8) is 0 Å². The molecule has 0 spiro atoms. The summed E-state index contributed by atoms with van der Waals surface area (Å²) in [6.45, 7) is 9.98. The van der Waals surface area contributed by atoms with Crippen LogP contribution in [0.25, 0.3) is 0 Å². The molecule has 4 nitrogen and oxygen atoms in total. The van der Waals surface area contributed by atoms with Gasteiger partial charge < -0.3 is 9.84 Å². The zero-order chi connectivity index (χ0) is 15.6. The van der Waals surface area contributed by atoms with Gasteiger partial charge in [-0.15, -0.1) is 0 Å². The van der Waals surface area contributed by atoms with E-state index in [9.17, 15) is 5.11 Å². The lowest BCUT2D eigenvalue weighted by Crippen LogP contribution is -2.04. The van der Waals surface area contributed by atoms with Gasteiger partial charge in [0, 0.05) is 5.92 Å². The molecule has 4 heteroatoms. The van der Waals surface area contributed by atoms with Crippen molar-refractivity contribution >= 4 is 0 Å². The average Bonchev–Trinajstić information content (AvgIpc) is 2.44. The van der Waals surface area contributed by atoms with Crippen molar-refractivity contribution in [1.82, 2.24) is 9.97 Å². The highest BCUT2D eigenvalue weighted by molar-refractivity contribution is 5.44. The molecule has 0 atom stereocenters. The van der Waals surface area contributed by atoms with E-state index in [1.807, 2.05) is 33.8 Å². The summed E-state index contributed by atoms with van der Waals surface area (Å²) in [5, 5.41) is 9.51. The van der Waals surface area contributed by atoms with Crippen LogP contribution in [0.1, 0.15) is 48.0 Å². The lowest BCUT2D eigenvalue weighted by atomic mass is 10.1. The molecule has 0 aliphatic carbocycles. The van der Waals surface area contributed by atoms with Crippen LogP contribution in [-0.2, 0) is 6.61 Å². The molecule has 2 rings (SSSR count). The predicted octanol–water partition coefficient (Wildman–Crippen LogP) is 3.81. The SMILES string of the molecule is Cc1cc(C)c(C)c(Oc2cnc(C(C)C)nc2CO)c1. The highest BCUT2D eigenvalue weighted by Gasteiger charge is 2.13. The second-order valence-corrected chi connectivity index (χ2v) is 5.66. The van der Waals surface area contributed by atoms with Gasteiger partial charge in [-0.05, 0) is 43.5 Å². The number of hydrogen-bond donors (Lipinski definition) is 1. The summed E-state index contributed by atoms with van der Waals surface area (Å²) < 4.78 is 5.94. The summed E-state index contributed by atoms with van der Waals surface area (Å²) in [7, 11) is 0. The zero-order valence-electron chi connectivity index (χ0n) is 13.3. The highest BCUT2D eigenvalue weighted by atomic mass is 16.5. The van der Waals surface area contributed by atoms with Crippen LogP contribution < -0.4 is 4.74 Å². The van der Waals surface area contributed by atoms with Gasteiger partial charge in [-0.1, -0.05) is 19.9 Å². The summed E-state index contributed by atoms with van der Waals surface area (Å²) in [5.74, 6) is 2.22. The Morgan fingerprint density at radius 3 is 2.48 bits per heavy atom. The van der Waals surface area contributed by atoms with E-state index in [1.165, 1.54) is 5.56 Å². The molecule has 0 unspecified atom stereocenters. The molecule has 21 heavy (non-hydrogen) atoms. The Kier molecular flexibility index (Phi) is 4.58. The van der Waals surface area contributed by atoms with Gasteiger partial charge >= 0.3 is 0 Å². The van der Waals surface area contributed by atoms with Crippen LogP contribution in [0.3, 0.4) is 0 Å². The molecular weight excluding hydrogens is 264 g/mol. The number of rotatable bonds is 4. The molecule has 1 aromatic heterocycles. The van der Waals surface area contributed by atoms with Crippen LogP contribution >= 0.6 is 0 Å². The number of nitrogens with zero attached hydrogens (tertiary/aromatic N) is 2. The van der Waals surface area contributed by atoms with Gasteiger partial charge in [0.2, 0.25) is 0 Å². The Hall–Kier alpha value is -1.94. The second-order valence-electron chi connectivity index (χ2n) is 5.66. The number of hydrogen-bond acceptors (Lipinski definition) is 4. The van der Waals surface area contributed by atoms with Crippen LogP contribution in [0.4, 0.5) is 0 Å². The third-order valence-corrected chi connectivity index (χ3v) is 3.50. The average molecular weight is 286 g/mol. The van der Waals surface area contributed by atoms with Crippen molar-refractivity contribution in [1.29, 1.82) is 0 Å². The first-order chi connectivity index (χ1) is 9.92. The van der Waals surface area contributed by atoms with Crippen molar-refractivity contribution in [2.45, 2.75) is 47.1 Å². The Bertz CT molecular complexity index is 651. The Labute approximate surface area is 125 Å². The quantitative estimate of drug-likeness (QED) is 0.928. The minimum Gasteiger partial charge on any atom is -0.453 e. The Morgan fingerprint density at radius 2 is 1.86 bits per heavy atom. The van der Waals surface area contributed by atoms with Gasteiger partial charge in [0.15, 0.2) is 5.75 Å². The molecule has 0 amide bonds. The van der Waals surface area contributed by atoms with E-state index < -0.39 is 0 Å². The molecule has 2 aromatic rings. The summed E-state index contributed by atoms with van der Waals surface area (Å²) in [6, 6.07) is 4.10. The van der Waals surface area contributed by atoms with E-state index in [0.717, 1.165) is 16.9 Å². The van der Waals surface area contributed by atoms with E-state index in [1.54, 1.807) is 6.20 Å². The van der Waals surface area contributed by atoms with Gasteiger partial charge in [-0.3, -0.25) is 0 Å². The van der Waals surface area contributed by atoms with Gasteiger partial charge in [-0.2, -0.15) is 0 Å². The van der Waals surface area contributed by atoms with E-state index in [-0.39, 0.29) is 12.5 Å². The molecular formula is C17H22N2O2. The maximum absolute atomic E-state index is 9.51. The van der Waals surface area contributed by atoms with Gasteiger partial charge in [-0.25, -0.2) is 9.97 Å². The molecule has 0 aliphatic heterocycles. The van der Waals surface area contributed by atoms with Crippen molar-refractivity contribution in [3.05, 3.63) is 46.5 Å². The fourth-order valence-corrected chi connectivity index (χ4v) is 2.12. The van der Waals surface area contributed by atoms with Crippen LogP contribution in [0.2, 0.25) is 0 Å². The van der Waals surface area contributed by atoms with Gasteiger partial charge in [0.05, 0.1) is 12.8 Å². The van der Waals surface area contributed by atoms with E-state index in [4.69, 9.17) is 4.74 Å². The maximum atomic E-state index is 9.51. The lowest BCUT2D eigenvalue weighted by molar-refractivity contribution is 0.269. The molecule has 112 valence electrons. The highest BCUT2D eigenvalue weighted by Crippen LogP contribution is 2.30. The Morgan fingerprint density at radius 1 is 1.14 bits per heavy atom. The molecule has 0 fully saturated rings. The number of aromatic nitrogens is 2. The molecule has 1 aromatic carbocycles. The fourth-order valence-electron chi connectivity index (χ4n) is 2.12. The summed E-state index contributed by atoms with van der Waals surface area (Å²) in [5.41, 5.74) is 3.92. The summed E-state index contributed by atoms with van der Waals surface area (Å²) in [4.78, 5) is 8.69. The number of ether oxygens (including phenoxy) is 1. The largest absolute Gasteiger partial charge is 0.453 e. The maximum Gasteiger partial charge on any atom is 0.169 e. The molecule has 0 saturated heterocycles. The zero-order valence-corrected chi connectivity index (χ0v) is 13.3. The van der Waals surface area contributed by atoms with Crippen molar-refractivity contribution in [2.24, 2.45) is 0 Å². The van der Waals surface area contributed by atoms with Crippen LogP contribution in [0, 0.1) is 20.8 Å². The molecule has 0 aliphatic rings. The standard InChI is InChI=1S/C17H22N2O2/c1-10(2)17-18-8-16(14(9-20)19-17)21-15-7-11(3)6-12(4)13(15)5/h6-8,10,20H,9H2,1-5H3. The minimum absolute atomic E-state index is 0.165. The molecule has 1 heterocycles. The summed E-state index contributed by atoms with van der Waals surface area (Å²) in [6.07, 6.45) is 1.64. The first-order valence-electron chi connectivity index (χ1n) is 7.14. The third kappa shape index (κ3) is 3.39. The number of benzene rings is 1. The van der Waals surface area contributed by atoms with Gasteiger partial charge in [0.1, 0.15) is 17.3 Å². The fraction of sp³-hybridized carbons (Fsp3) is 0.412. The van der Waals surface area contributed by atoms with E-state index >= 15 is 0 Å². The third-order valence-electron chi connectivity index (χ3n) is 3.50. The Balaban J connectivity index is 2.40. The molecule has 0 saturated carbocycles. The van der Waals surface area contributed by atoms with Crippen molar-refractivity contribution in [3.8, 4) is 11.5 Å². The molecule has 0 bridgehead atoms. The molecule has 1 N–H and O–H groups in total. The van der Waals surface area contributed by atoms with Crippen LogP contribution in [-0.4, -0.2) is 15.1 Å².